The zero-order valence-corrected chi connectivity index (χ0v) is 20.4. The van der Waals surface area contributed by atoms with Crippen LogP contribution in [-0.4, -0.2) is 46.9 Å². The summed E-state index contributed by atoms with van der Waals surface area (Å²) in [5, 5.41) is 3.62. The summed E-state index contributed by atoms with van der Waals surface area (Å²) in [6.45, 7) is 1.26. The summed E-state index contributed by atoms with van der Waals surface area (Å²) in [5.74, 6) is -1.77. The van der Waals surface area contributed by atoms with Gasteiger partial charge in [0.15, 0.2) is 5.78 Å². The van der Waals surface area contributed by atoms with E-state index >= 15 is 0 Å². The van der Waals surface area contributed by atoms with Crippen LogP contribution in [0, 0.1) is 0 Å². The molecule has 11 heteroatoms. The highest BCUT2D eigenvalue weighted by molar-refractivity contribution is 5.89. The third kappa shape index (κ3) is 4.06. The lowest BCUT2D eigenvalue weighted by molar-refractivity contribution is -0.189. The van der Waals surface area contributed by atoms with Crippen LogP contribution < -0.4 is 16.6 Å². The minimum absolute atomic E-state index is 0. The van der Waals surface area contributed by atoms with E-state index in [9.17, 15) is 19.2 Å². The molecule has 188 valence electrons. The third-order valence-corrected chi connectivity index (χ3v) is 6.49. The maximum Gasteiger partial charge on any atom is 0.355 e. The predicted octanol–water partition coefficient (Wildman–Crippen LogP) is 1.17. The summed E-state index contributed by atoms with van der Waals surface area (Å²) < 4.78 is 12.6. The number of ketones is 1. The summed E-state index contributed by atoms with van der Waals surface area (Å²) in [5.41, 5.74) is 6.65. The van der Waals surface area contributed by atoms with Crippen LogP contribution >= 0.6 is 12.4 Å². The number of benzene rings is 1. The van der Waals surface area contributed by atoms with Crippen molar-refractivity contribution in [2.24, 2.45) is 5.73 Å². The Labute approximate surface area is 212 Å². The van der Waals surface area contributed by atoms with Gasteiger partial charge >= 0.3 is 11.9 Å². The van der Waals surface area contributed by atoms with Gasteiger partial charge in [0.2, 0.25) is 5.60 Å². The standard InChI is InChI=1S/C25H24N4O6.ClH/c1-2-25(35-21(31)11-27-10-16(30)9-26)18-8-20-22-15(7-14-5-3-4-6-19(14)28-22)12-29(20)23(32)17(18)13-34-24(25)33;/h3-8,27H,2,9-13,26H2,1H3;1H/t25-;/m0./s1. The van der Waals surface area contributed by atoms with Gasteiger partial charge in [-0.3, -0.25) is 14.4 Å². The molecule has 0 amide bonds. The number of carbonyl (C=O) groups is 3. The van der Waals surface area contributed by atoms with Crippen molar-refractivity contribution in [2.75, 3.05) is 19.6 Å². The Bertz CT molecular complexity index is 1450. The number of aromatic nitrogens is 2. The van der Waals surface area contributed by atoms with E-state index in [1.807, 2.05) is 30.3 Å². The number of fused-ring (bicyclic) bond motifs is 5. The van der Waals surface area contributed by atoms with Gasteiger partial charge in [0.1, 0.15) is 6.61 Å². The fourth-order valence-electron chi connectivity index (χ4n) is 4.69. The van der Waals surface area contributed by atoms with Crippen molar-refractivity contribution in [3.63, 3.8) is 0 Å². The third-order valence-electron chi connectivity index (χ3n) is 6.49. The van der Waals surface area contributed by atoms with E-state index in [4.69, 9.17) is 20.2 Å². The maximum absolute atomic E-state index is 13.5. The van der Waals surface area contributed by atoms with Crippen LogP contribution in [0.3, 0.4) is 0 Å². The number of pyridine rings is 2. The van der Waals surface area contributed by atoms with E-state index in [0.29, 0.717) is 23.5 Å². The molecule has 5 rings (SSSR count). The number of Topliss-reactive ketones (excluding diaryl/α,β-unsaturated/α-hetero) is 1. The van der Waals surface area contributed by atoms with Crippen LogP contribution in [0.25, 0.3) is 22.3 Å². The molecule has 0 unspecified atom stereocenters. The molecule has 0 saturated carbocycles. The minimum Gasteiger partial charge on any atom is -0.457 e. The number of nitrogens with two attached hydrogens (primary N) is 1. The van der Waals surface area contributed by atoms with E-state index in [1.54, 1.807) is 17.6 Å². The van der Waals surface area contributed by atoms with Crippen molar-refractivity contribution in [2.45, 2.75) is 32.1 Å². The molecular weight excluding hydrogens is 488 g/mol. The SMILES string of the molecule is CC[C@@]1(OC(=O)CNCC(=O)CN)C(=O)OCc2c1cc1n(c2=O)Cc2cc3ccccc3nc2-1.Cl. The number of ether oxygens (including phenoxy) is 2. The molecule has 1 atom stereocenters. The van der Waals surface area contributed by atoms with Crippen LogP contribution in [0.5, 0.6) is 0 Å². The average Bonchev–Trinajstić information content (AvgIpc) is 3.22. The van der Waals surface area contributed by atoms with E-state index in [2.05, 4.69) is 5.32 Å². The molecule has 1 aromatic carbocycles. The molecule has 2 aliphatic rings. The topological polar surface area (TPSA) is 143 Å². The molecule has 10 nitrogen and oxygen atoms in total. The lowest BCUT2D eigenvalue weighted by Gasteiger charge is -2.35. The summed E-state index contributed by atoms with van der Waals surface area (Å²) >= 11 is 0. The highest BCUT2D eigenvalue weighted by Crippen LogP contribution is 2.40. The van der Waals surface area contributed by atoms with Crippen molar-refractivity contribution in [1.29, 1.82) is 0 Å². The first kappa shape index (κ1) is 25.5. The van der Waals surface area contributed by atoms with Crippen molar-refractivity contribution in [3.8, 4) is 11.4 Å². The van der Waals surface area contributed by atoms with Gasteiger partial charge in [0.25, 0.3) is 5.56 Å². The van der Waals surface area contributed by atoms with Gasteiger partial charge in [-0.2, -0.15) is 0 Å². The number of halogens is 1. The molecule has 3 N–H and O–H groups in total. The fraction of sp³-hybridized carbons (Fsp3) is 0.320. The molecule has 0 aliphatic carbocycles. The van der Waals surface area contributed by atoms with Crippen molar-refractivity contribution < 1.29 is 23.9 Å². The highest BCUT2D eigenvalue weighted by atomic mass is 35.5. The zero-order valence-electron chi connectivity index (χ0n) is 19.5. The number of hydrogen-bond donors (Lipinski definition) is 2. The predicted molar refractivity (Wildman–Crippen MR) is 133 cm³/mol. The number of para-hydroxylation sites is 1. The number of hydrogen-bond acceptors (Lipinski definition) is 9. The Hall–Kier alpha value is -3.60. The van der Waals surface area contributed by atoms with Crippen LogP contribution in [0.2, 0.25) is 0 Å². The fourth-order valence-corrected chi connectivity index (χ4v) is 4.69. The Kier molecular flexibility index (Phi) is 6.94. The molecule has 0 fully saturated rings. The van der Waals surface area contributed by atoms with E-state index < -0.39 is 17.5 Å². The molecule has 36 heavy (non-hydrogen) atoms. The van der Waals surface area contributed by atoms with Gasteiger partial charge in [0.05, 0.1) is 48.6 Å². The molecule has 4 heterocycles. The van der Waals surface area contributed by atoms with Crippen LogP contribution in [0.15, 0.2) is 41.2 Å². The van der Waals surface area contributed by atoms with Gasteiger partial charge in [-0.25, -0.2) is 9.78 Å². The van der Waals surface area contributed by atoms with Crippen molar-refractivity contribution >= 4 is 41.0 Å². The maximum atomic E-state index is 13.5. The summed E-state index contributed by atoms with van der Waals surface area (Å²) in [6.07, 6.45) is 0.0627. The Morgan fingerprint density at radius 2 is 2.00 bits per heavy atom. The molecule has 0 bridgehead atoms. The monoisotopic (exact) mass is 512 g/mol. The quantitative estimate of drug-likeness (QED) is 0.349. The smallest absolute Gasteiger partial charge is 0.355 e. The Morgan fingerprint density at radius 1 is 1.22 bits per heavy atom. The number of cyclic esters (lactones) is 1. The second-order valence-electron chi connectivity index (χ2n) is 8.58. The van der Waals surface area contributed by atoms with Gasteiger partial charge in [-0.05, 0) is 24.6 Å². The second-order valence-corrected chi connectivity index (χ2v) is 8.58. The molecule has 0 spiro atoms. The lowest BCUT2D eigenvalue weighted by Crippen LogP contribution is -2.48. The molecule has 2 aliphatic heterocycles. The van der Waals surface area contributed by atoms with E-state index in [0.717, 1.165) is 16.5 Å². The Balaban J connectivity index is 0.00000304. The highest BCUT2D eigenvalue weighted by Gasteiger charge is 2.50. The van der Waals surface area contributed by atoms with Gasteiger partial charge in [-0.1, -0.05) is 25.1 Å². The summed E-state index contributed by atoms with van der Waals surface area (Å²) in [7, 11) is 0. The lowest BCUT2D eigenvalue weighted by atomic mass is 9.85. The molecule has 0 radical (unpaired) electrons. The first-order valence-corrected chi connectivity index (χ1v) is 11.4. The number of rotatable bonds is 7. The van der Waals surface area contributed by atoms with E-state index in [1.165, 1.54) is 0 Å². The van der Waals surface area contributed by atoms with Crippen LogP contribution in [0.1, 0.15) is 30.0 Å². The van der Waals surface area contributed by atoms with Crippen molar-refractivity contribution in [3.05, 3.63) is 63.4 Å². The minimum atomic E-state index is -1.78. The largest absolute Gasteiger partial charge is 0.457 e. The molecular formula is C25H25ClN4O6. The number of esters is 2. The molecule has 3 aromatic rings. The van der Waals surface area contributed by atoms with E-state index in [-0.39, 0.29) is 62.0 Å². The molecule has 2 aromatic heterocycles. The van der Waals surface area contributed by atoms with Crippen molar-refractivity contribution in [1.82, 2.24) is 14.9 Å². The van der Waals surface area contributed by atoms with Gasteiger partial charge < -0.3 is 25.1 Å². The zero-order chi connectivity index (χ0) is 24.7. The first-order valence-electron chi connectivity index (χ1n) is 11.4. The first-order chi connectivity index (χ1) is 16.9. The average molecular weight is 513 g/mol. The summed E-state index contributed by atoms with van der Waals surface area (Å²) in [6, 6.07) is 11.4. The summed E-state index contributed by atoms with van der Waals surface area (Å²) in [4.78, 5) is 55.3. The number of carbonyl (C=O) groups excluding carboxylic acids is 3. The number of nitrogens with one attached hydrogen (secondary N) is 1. The van der Waals surface area contributed by atoms with Gasteiger partial charge in [-0.15, -0.1) is 12.4 Å². The molecule has 0 saturated heterocycles. The normalized spacial score (nSPS) is 17.4. The van der Waals surface area contributed by atoms with Gasteiger partial charge in [0, 0.05) is 16.5 Å². The van der Waals surface area contributed by atoms with Crippen LogP contribution in [-0.2, 0) is 42.6 Å². The number of nitrogens with zero attached hydrogens (tertiary/aromatic N) is 2. The van der Waals surface area contributed by atoms with Crippen LogP contribution in [0.4, 0.5) is 0 Å². The second kappa shape index (κ2) is 9.81. The Morgan fingerprint density at radius 3 is 2.75 bits per heavy atom.